The molecular formula is C10H12ClN3O. The molecule has 80 valence electrons. The summed E-state index contributed by atoms with van der Waals surface area (Å²) < 4.78 is 1.69. The van der Waals surface area contributed by atoms with Crippen molar-refractivity contribution < 1.29 is 0 Å². The van der Waals surface area contributed by atoms with Gasteiger partial charge in [0.1, 0.15) is 0 Å². The lowest BCUT2D eigenvalue weighted by molar-refractivity contribution is 0.530. The van der Waals surface area contributed by atoms with E-state index in [0.717, 1.165) is 11.9 Å². The highest BCUT2D eigenvalue weighted by atomic mass is 35.5. The summed E-state index contributed by atoms with van der Waals surface area (Å²) in [5, 5.41) is 0.540. The zero-order valence-corrected chi connectivity index (χ0v) is 9.38. The second-order valence-corrected chi connectivity index (χ2v) is 4.02. The fourth-order valence-corrected chi connectivity index (χ4v) is 1.75. The van der Waals surface area contributed by atoms with Crippen LogP contribution in [-0.2, 0) is 0 Å². The van der Waals surface area contributed by atoms with Gasteiger partial charge in [0.15, 0.2) is 5.65 Å². The Labute approximate surface area is 91.9 Å². The number of aromatic amines is 1. The maximum absolute atomic E-state index is 11.7. The first kappa shape index (κ1) is 10.2. The summed E-state index contributed by atoms with van der Waals surface area (Å²) >= 11 is 5.86. The van der Waals surface area contributed by atoms with Gasteiger partial charge < -0.3 is 0 Å². The molecule has 0 aliphatic rings. The molecule has 0 spiro atoms. The molecule has 0 unspecified atom stereocenters. The minimum absolute atomic E-state index is 0.130. The van der Waals surface area contributed by atoms with Crippen LogP contribution in [0, 0.1) is 0 Å². The molecule has 0 aromatic carbocycles. The molecule has 2 aromatic rings. The fourth-order valence-electron chi connectivity index (χ4n) is 1.60. The highest BCUT2D eigenvalue weighted by Crippen LogP contribution is 2.18. The Morgan fingerprint density at radius 3 is 3.07 bits per heavy atom. The summed E-state index contributed by atoms with van der Waals surface area (Å²) in [7, 11) is 0. The Kier molecular flexibility index (Phi) is 2.52. The number of fused-ring (bicyclic) bond motifs is 1. The van der Waals surface area contributed by atoms with Crippen molar-refractivity contribution in [1.29, 1.82) is 0 Å². The van der Waals surface area contributed by atoms with Crippen LogP contribution in [-0.4, -0.2) is 14.5 Å². The molecule has 0 saturated carbocycles. The Bertz CT molecular complexity index is 543. The number of hydrogen-bond acceptors (Lipinski definition) is 2. The van der Waals surface area contributed by atoms with Crippen LogP contribution in [0.4, 0.5) is 0 Å². The molecule has 0 radical (unpaired) electrons. The summed E-state index contributed by atoms with van der Waals surface area (Å²) in [4.78, 5) is 18.5. The minimum atomic E-state index is -0.130. The van der Waals surface area contributed by atoms with E-state index in [9.17, 15) is 4.79 Å². The molecule has 0 saturated heterocycles. The van der Waals surface area contributed by atoms with Crippen molar-refractivity contribution in [2.45, 2.75) is 26.3 Å². The third-order valence-corrected chi connectivity index (χ3v) is 2.78. The summed E-state index contributed by atoms with van der Waals surface area (Å²) in [6.45, 7) is 4.03. The topological polar surface area (TPSA) is 50.7 Å². The van der Waals surface area contributed by atoms with Gasteiger partial charge in [-0.1, -0.05) is 18.5 Å². The van der Waals surface area contributed by atoms with Gasteiger partial charge >= 0.3 is 5.69 Å². The minimum Gasteiger partial charge on any atom is -0.290 e. The van der Waals surface area contributed by atoms with E-state index in [-0.39, 0.29) is 11.7 Å². The van der Waals surface area contributed by atoms with Crippen LogP contribution in [0.25, 0.3) is 11.2 Å². The van der Waals surface area contributed by atoms with Crippen molar-refractivity contribution in [3.8, 4) is 0 Å². The Morgan fingerprint density at radius 2 is 2.40 bits per heavy atom. The molecule has 0 fully saturated rings. The number of pyridine rings is 1. The molecule has 5 heteroatoms. The van der Waals surface area contributed by atoms with E-state index >= 15 is 0 Å². The second-order valence-electron chi connectivity index (χ2n) is 3.58. The Hall–Kier alpha value is -1.29. The molecule has 2 aromatic heterocycles. The first-order valence-electron chi connectivity index (χ1n) is 4.89. The van der Waals surface area contributed by atoms with Crippen molar-refractivity contribution in [3.05, 3.63) is 27.8 Å². The van der Waals surface area contributed by atoms with Crippen molar-refractivity contribution in [1.82, 2.24) is 14.5 Å². The van der Waals surface area contributed by atoms with E-state index in [1.54, 1.807) is 10.6 Å². The van der Waals surface area contributed by atoms with Crippen LogP contribution in [0.3, 0.4) is 0 Å². The van der Waals surface area contributed by atoms with Gasteiger partial charge in [0.05, 0.1) is 10.5 Å². The molecule has 2 heterocycles. The van der Waals surface area contributed by atoms with Gasteiger partial charge in [-0.2, -0.15) is 0 Å². The van der Waals surface area contributed by atoms with E-state index in [0.29, 0.717) is 10.7 Å². The highest BCUT2D eigenvalue weighted by Gasteiger charge is 2.12. The van der Waals surface area contributed by atoms with Gasteiger partial charge in [0.2, 0.25) is 0 Å². The average Bonchev–Trinajstić information content (AvgIpc) is 2.52. The monoisotopic (exact) mass is 225 g/mol. The number of nitrogens with one attached hydrogen (secondary N) is 1. The second kappa shape index (κ2) is 3.70. The van der Waals surface area contributed by atoms with Gasteiger partial charge in [-0.3, -0.25) is 9.55 Å². The van der Waals surface area contributed by atoms with Gasteiger partial charge in [-0.25, -0.2) is 9.78 Å². The Balaban J connectivity index is 2.76. The van der Waals surface area contributed by atoms with E-state index in [1.807, 2.05) is 13.8 Å². The summed E-state index contributed by atoms with van der Waals surface area (Å²) in [5.74, 6) is 0. The third-order valence-electron chi connectivity index (χ3n) is 2.57. The maximum Gasteiger partial charge on any atom is 0.327 e. The number of aromatic nitrogens is 3. The molecule has 1 atom stereocenters. The van der Waals surface area contributed by atoms with Crippen LogP contribution in [0.2, 0.25) is 5.02 Å². The number of hydrogen-bond donors (Lipinski definition) is 1. The molecule has 0 amide bonds. The lowest BCUT2D eigenvalue weighted by Crippen LogP contribution is -2.19. The Morgan fingerprint density at radius 1 is 1.67 bits per heavy atom. The van der Waals surface area contributed by atoms with Crippen LogP contribution in [0.5, 0.6) is 0 Å². The first-order chi connectivity index (χ1) is 7.13. The molecular weight excluding hydrogens is 214 g/mol. The zero-order chi connectivity index (χ0) is 11.0. The summed E-state index contributed by atoms with van der Waals surface area (Å²) in [6, 6.07) is 1.90. The third kappa shape index (κ3) is 1.65. The molecule has 2 rings (SSSR count). The predicted octanol–water partition coefficient (Wildman–Crippen LogP) is 2.35. The normalized spacial score (nSPS) is 13.3. The van der Waals surface area contributed by atoms with Crippen molar-refractivity contribution in [3.63, 3.8) is 0 Å². The standard InChI is InChI=1S/C10H12ClN3O/c1-3-6(2)14-8-4-7(11)5-12-9(8)13-10(14)15/h4-6H,3H2,1-2H3,(H,12,13,15)/t6-/m0/s1. The smallest absolute Gasteiger partial charge is 0.290 e. The van der Waals surface area contributed by atoms with Gasteiger partial charge in [0, 0.05) is 12.2 Å². The molecule has 0 aliphatic carbocycles. The van der Waals surface area contributed by atoms with E-state index in [4.69, 9.17) is 11.6 Å². The van der Waals surface area contributed by atoms with Gasteiger partial charge in [-0.05, 0) is 19.4 Å². The van der Waals surface area contributed by atoms with Crippen molar-refractivity contribution in [2.24, 2.45) is 0 Å². The summed E-state index contributed by atoms with van der Waals surface area (Å²) in [6.07, 6.45) is 2.42. The van der Waals surface area contributed by atoms with Crippen LogP contribution < -0.4 is 5.69 Å². The predicted molar refractivity (Wildman–Crippen MR) is 60.4 cm³/mol. The number of H-pyrrole nitrogens is 1. The zero-order valence-electron chi connectivity index (χ0n) is 8.62. The van der Waals surface area contributed by atoms with Gasteiger partial charge in [0.25, 0.3) is 0 Å². The molecule has 0 aliphatic heterocycles. The van der Waals surface area contributed by atoms with Gasteiger partial charge in [-0.15, -0.1) is 0 Å². The van der Waals surface area contributed by atoms with Crippen LogP contribution in [0.15, 0.2) is 17.1 Å². The molecule has 15 heavy (non-hydrogen) atoms. The van der Waals surface area contributed by atoms with Crippen molar-refractivity contribution >= 4 is 22.8 Å². The first-order valence-corrected chi connectivity index (χ1v) is 5.27. The number of rotatable bonds is 2. The van der Waals surface area contributed by atoms with E-state index < -0.39 is 0 Å². The lowest BCUT2D eigenvalue weighted by Gasteiger charge is -2.09. The van der Waals surface area contributed by atoms with E-state index in [2.05, 4.69) is 9.97 Å². The lowest BCUT2D eigenvalue weighted by atomic mass is 10.2. The van der Waals surface area contributed by atoms with Crippen LogP contribution in [0.1, 0.15) is 26.3 Å². The molecule has 1 N–H and O–H groups in total. The SMILES string of the molecule is CC[C@H](C)n1c(=O)[nH]c2ncc(Cl)cc21. The quantitative estimate of drug-likeness (QED) is 0.853. The highest BCUT2D eigenvalue weighted by molar-refractivity contribution is 6.31. The average molecular weight is 226 g/mol. The van der Waals surface area contributed by atoms with Crippen molar-refractivity contribution in [2.75, 3.05) is 0 Å². The number of halogens is 1. The van der Waals surface area contributed by atoms with E-state index in [1.165, 1.54) is 6.20 Å². The molecule has 4 nitrogen and oxygen atoms in total. The fraction of sp³-hybridized carbons (Fsp3) is 0.400. The maximum atomic E-state index is 11.7. The number of nitrogens with zero attached hydrogens (tertiary/aromatic N) is 2. The van der Waals surface area contributed by atoms with Crippen LogP contribution >= 0.6 is 11.6 Å². The largest absolute Gasteiger partial charge is 0.327 e. The number of imidazole rings is 1. The summed E-state index contributed by atoms with van der Waals surface area (Å²) in [5.41, 5.74) is 1.22. The molecule has 0 bridgehead atoms.